The van der Waals surface area contributed by atoms with Crippen LogP contribution in [0.25, 0.3) is 6.08 Å². The molecule has 0 bridgehead atoms. The normalized spacial score (nSPS) is 12.6. The zero-order chi connectivity index (χ0) is 17.4. The molecule has 128 valence electrons. The Bertz CT molecular complexity index is 602. The summed E-state index contributed by atoms with van der Waals surface area (Å²) in [6.45, 7) is 10.4. The fourth-order valence-electron chi connectivity index (χ4n) is 2.30. The summed E-state index contributed by atoms with van der Waals surface area (Å²) in [6.07, 6.45) is 5.65. The Kier molecular flexibility index (Phi) is 7.59. The van der Waals surface area contributed by atoms with Crippen LogP contribution in [0.2, 0.25) is 0 Å². The zero-order valence-corrected chi connectivity index (χ0v) is 14.7. The van der Waals surface area contributed by atoms with Crippen LogP contribution in [-0.4, -0.2) is 23.8 Å². The first-order valence-corrected chi connectivity index (χ1v) is 8.08. The molecule has 23 heavy (non-hydrogen) atoms. The lowest BCUT2D eigenvalue weighted by Crippen LogP contribution is -2.32. The van der Waals surface area contributed by atoms with Crippen molar-refractivity contribution in [2.24, 2.45) is 5.92 Å². The number of carbonyl (C=O) groups excluding carboxylic acids is 1. The Morgan fingerprint density at radius 2 is 2.00 bits per heavy atom. The van der Waals surface area contributed by atoms with Crippen LogP contribution in [0.15, 0.2) is 23.3 Å². The second-order valence-corrected chi connectivity index (χ2v) is 5.81. The van der Waals surface area contributed by atoms with E-state index < -0.39 is 6.04 Å². The molecule has 0 saturated carbocycles. The summed E-state index contributed by atoms with van der Waals surface area (Å²) >= 11 is 0. The van der Waals surface area contributed by atoms with Crippen LogP contribution in [0.3, 0.4) is 0 Å². The van der Waals surface area contributed by atoms with Crippen LogP contribution in [0.4, 0.5) is 0 Å². The molecular formula is C18H27NO4. The molecule has 1 rings (SSSR count). The Balaban J connectivity index is 3.26. The number of nitrogens with zero attached hydrogens (tertiary/aromatic N) is 1. The molecule has 0 saturated heterocycles. The van der Waals surface area contributed by atoms with E-state index in [9.17, 15) is 9.59 Å². The highest BCUT2D eigenvalue weighted by Crippen LogP contribution is 2.19. The fraction of sp³-hybridized carbons (Fsp3) is 0.556. The van der Waals surface area contributed by atoms with E-state index in [1.807, 2.05) is 27.7 Å². The number of ether oxygens (including phenoxy) is 2. The van der Waals surface area contributed by atoms with Crippen molar-refractivity contribution in [1.82, 2.24) is 4.57 Å². The molecule has 1 atom stereocenters. The molecule has 0 aliphatic heterocycles. The zero-order valence-electron chi connectivity index (χ0n) is 14.7. The van der Waals surface area contributed by atoms with Crippen LogP contribution in [0.5, 0.6) is 0 Å². The van der Waals surface area contributed by atoms with E-state index in [0.29, 0.717) is 19.6 Å². The highest BCUT2D eigenvalue weighted by atomic mass is 16.5. The molecule has 1 heterocycles. The number of pyridine rings is 1. The van der Waals surface area contributed by atoms with Crippen molar-refractivity contribution in [3.63, 3.8) is 0 Å². The molecule has 0 aliphatic rings. The molecule has 1 unspecified atom stereocenters. The predicted molar refractivity (Wildman–Crippen MR) is 91.2 cm³/mol. The van der Waals surface area contributed by atoms with Crippen LogP contribution >= 0.6 is 0 Å². The number of hydrogen-bond acceptors (Lipinski definition) is 4. The lowest BCUT2D eigenvalue weighted by atomic mass is 10.0. The van der Waals surface area contributed by atoms with Gasteiger partial charge in [0.1, 0.15) is 6.04 Å². The first-order valence-electron chi connectivity index (χ1n) is 8.08. The quantitative estimate of drug-likeness (QED) is 0.544. The van der Waals surface area contributed by atoms with Crippen molar-refractivity contribution < 1.29 is 14.3 Å². The van der Waals surface area contributed by atoms with Crippen LogP contribution < -0.4 is 5.56 Å². The SMILES string of the molecule is CCO/C=C/c1cn(C(CC(C)C)C(=O)OCC)c(=O)cc1C. The molecule has 0 spiro atoms. The van der Waals surface area contributed by atoms with Gasteiger partial charge in [-0.1, -0.05) is 13.8 Å². The maximum absolute atomic E-state index is 12.4. The molecule has 0 fully saturated rings. The highest BCUT2D eigenvalue weighted by molar-refractivity contribution is 5.74. The van der Waals surface area contributed by atoms with Gasteiger partial charge in [0.15, 0.2) is 0 Å². The second-order valence-electron chi connectivity index (χ2n) is 5.81. The van der Waals surface area contributed by atoms with Gasteiger partial charge >= 0.3 is 5.97 Å². The van der Waals surface area contributed by atoms with Gasteiger partial charge in [-0.3, -0.25) is 4.79 Å². The van der Waals surface area contributed by atoms with Crippen molar-refractivity contribution >= 4 is 12.0 Å². The van der Waals surface area contributed by atoms with Crippen LogP contribution in [-0.2, 0) is 14.3 Å². The Hall–Kier alpha value is -2.04. The van der Waals surface area contributed by atoms with Gasteiger partial charge in [0.2, 0.25) is 0 Å². The Labute approximate surface area is 137 Å². The number of esters is 1. The Morgan fingerprint density at radius 3 is 2.57 bits per heavy atom. The number of hydrogen-bond donors (Lipinski definition) is 0. The lowest BCUT2D eigenvalue weighted by Gasteiger charge is -2.21. The summed E-state index contributed by atoms with van der Waals surface area (Å²) < 4.78 is 11.8. The summed E-state index contributed by atoms with van der Waals surface area (Å²) in [5.41, 5.74) is 1.49. The van der Waals surface area contributed by atoms with Crippen molar-refractivity contribution in [2.45, 2.75) is 47.1 Å². The molecule has 0 N–H and O–H groups in total. The highest BCUT2D eigenvalue weighted by Gasteiger charge is 2.24. The van der Waals surface area contributed by atoms with E-state index in [1.54, 1.807) is 25.5 Å². The molecule has 0 radical (unpaired) electrons. The molecular weight excluding hydrogens is 294 g/mol. The van der Waals surface area contributed by atoms with Gasteiger partial charge in [-0.2, -0.15) is 0 Å². The minimum atomic E-state index is -0.609. The minimum absolute atomic E-state index is 0.199. The van der Waals surface area contributed by atoms with Gasteiger partial charge in [0, 0.05) is 12.3 Å². The first-order chi connectivity index (χ1) is 10.9. The molecule has 0 aromatic carbocycles. The van der Waals surface area contributed by atoms with Gasteiger partial charge in [0.25, 0.3) is 5.56 Å². The summed E-state index contributed by atoms with van der Waals surface area (Å²) in [5, 5.41) is 0. The third-order valence-electron chi connectivity index (χ3n) is 3.43. The third-order valence-corrected chi connectivity index (χ3v) is 3.43. The minimum Gasteiger partial charge on any atom is -0.501 e. The van der Waals surface area contributed by atoms with Crippen LogP contribution in [0, 0.1) is 12.8 Å². The van der Waals surface area contributed by atoms with Gasteiger partial charge in [-0.05, 0) is 50.3 Å². The van der Waals surface area contributed by atoms with Gasteiger partial charge in [-0.15, -0.1) is 0 Å². The van der Waals surface area contributed by atoms with E-state index in [2.05, 4.69) is 0 Å². The van der Waals surface area contributed by atoms with E-state index in [4.69, 9.17) is 9.47 Å². The van der Waals surface area contributed by atoms with Crippen molar-refractivity contribution in [1.29, 1.82) is 0 Å². The van der Waals surface area contributed by atoms with Crippen molar-refractivity contribution in [2.75, 3.05) is 13.2 Å². The third kappa shape index (κ3) is 5.58. The summed E-state index contributed by atoms with van der Waals surface area (Å²) in [5.74, 6) is -0.105. The average Bonchev–Trinajstić information content (AvgIpc) is 2.47. The first kappa shape index (κ1) is 19.0. The number of aromatic nitrogens is 1. The number of rotatable bonds is 8. The molecule has 5 nitrogen and oxygen atoms in total. The number of aryl methyl sites for hydroxylation is 1. The smallest absolute Gasteiger partial charge is 0.329 e. The maximum atomic E-state index is 12.4. The predicted octanol–water partition coefficient (Wildman–Crippen LogP) is 3.31. The van der Waals surface area contributed by atoms with E-state index in [-0.39, 0.29) is 17.4 Å². The summed E-state index contributed by atoms with van der Waals surface area (Å²) in [7, 11) is 0. The maximum Gasteiger partial charge on any atom is 0.329 e. The topological polar surface area (TPSA) is 57.5 Å². The molecule has 0 aliphatic carbocycles. The van der Waals surface area contributed by atoms with Crippen LogP contribution in [0.1, 0.15) is 51.3 Å². The average molecular weight is 321 g/mol. The number of carbonyl (C=O) groups is 1. The largest absolute Gasteiger partial charge is 0.501 e. The lowest BCUT2D eigenvalue weighted by molar-refractivity contribution is -0.147. The molecule has 1 aromatic heterocycles. The molecule has 5 heteroatoms. The standard InChI is InChI=1S/C18H27NO4/c1-6-22-9-8-15-12-19(17(20)11-14(15)5)16(10-13(3)4)18(21)23-7-2/h8-9,11-13,16H,6-7,10H2,1-5H3/b9-8+. The molecule has 1 aromatic rings. The summed E-state index contributed by atoms with van der Waals surface area (Å²) in [6, 6.07) is 0.931. The monoisotopic (exact) mass is 321 g/mol. The van der Waals surface area contributed by atoms with E-state index >= 15 is 0 Å². The van der Waals surface area contributed by atoms with Gasteiger partial charge < -0.3 is 14.0 Å². The van der Waals surface area contributed by atoms with Crippen molar-refractivity contribution in [3.8, 4) is 0 Å². The van der Waals surface area contributed by atoms with Crippen molar-refractivity contribution in [3.05, 3.63) is 40.0 Å². The Morgan fingerprint density at radius 1 is 1.30 bits per heavy atom. The van der Waals surface area contributed by atoms with Gasteiger partial charge in [-0.25, -0.2) is 4.79 Å². The molecule has 0 amide bonds. The van der Waals surface area contributed by atoms with E-state index in [0.717, 1.165) is 11.1 Å². The second kappa shape index (κ2) is 9.18. The summed E-state index contributed by atoms with van der Waals surface area (Å²) in [4.78, 5) is 24.6. The fourth-order valence-corrected chi connectivity index (χ4v) is 2.30. The van der Waals surface area contributed by atoms with E-state index in [1.165, 1.54) is 10.6 Å². The van der Waals surface area contributed by atoms with Gasteiger partial charge in [0.05, 0.1) is 19.5 Å².